The Morgan fingerprint density at radius 1 is 1.08 bits per heavy atom. The van der Waals surface area contributed by atoms with E-state index in [1.165, 1.54) is 55.2 Å². The number of rotatable bonds is 4. The maximum atomic E-state index is 6.15. The average Bonchev–Trinajstić information content (AvgIpc) is 2.66. The minimum atomic E-state index is 0.208. The number of benzene rings is 2. The Bertz CT molecular complexity index is 741. The molecule has 2 heteroatoms. The second kappa shape index (κ2) is 7.44. The Balaban J connectivity index is 1.63. The number of ether oxygens (including phenoxy) is 1. The predicted molar refractivity (Wildman–Crippen MR) is 108 cm³/mol. The monoisotopic (exact) mass is 349 g/mol. The standard InChI is InChI=1S/C24H31NO/c1-24-14-8-4-7-11-20(23(24)25-2)15-19-12-13-21(16-22(19)24)26-17-18-9-5-3-6-10-18/h3,5-6,9-10,12-13,16,20,23,25H,4,7-8,11,14-15,17H2,1-2H3/t20-,23-,24+/m0/s1. The Morgan fingerprint density at radius 2 is 1.92 bits per heavy atom. The van der Waals surface area contributed by atoms with Crippen molar-refractivity contribution < 1.29 is 4.74 Å². The third-order valence-electron chi connectivity index (χ3n) is 6.67. The summed E-state index contributed by atoms with van der Waals surface area (Å²) in [6.45, 7) is 3.11. The highest BCUT2D eigenvalue weighted by molar-refractivity contribution is 5.44. The smallest absolute Gasteiger partial charge is 0.120 e. The van der Waals surface area contributed by atoms with E-state index >= 15 is 0 Å². The zero-order valence-corrected chi connectivity index (χ0v) is 16.1. The van der Waals surface area contributed by atoms with E-state index in [2.05, 4.69) is 61.8 Å². The van der Waals surface area contributed by atoms with Crippen molar-refractivity contribution in [1.82, 2.24) is 5.32 Å². The number of likely N-dealkylation sites (N-methyl/N-ethyl adjacent to an activating group) is 1. The highest BCUT2D eigenvalue weighted by atomic mass is 16.5. The third kappa shape index (κ3) is 3.27. The quantitative estimate of drug-likeness (QED) is 0.814. The Labute approximate surface area is 158 Å². The molecule has 2 aliphatic rings. The second-order valence-electron chi connectivity index (χ2n) is 8.34. The summed E-state index contributed by atoms with van der Waals surface area (Å²) >= 11 is 0. The first kappa shape index (κ1) is 17.6. The summed E-state index contributed by atoms with van der Waals surface area (Å²) in [6, 6.07) is 17.8. The molecule has 0 radical (unpaired) electrons. The molecule has 0 aliphatic heterocycles. The van der Waals surface area contributed by atoms with E-state index in [0.717, 1.165) is 11.7 Å². The van der Waals surface area contributed by atoms with Crippen molar-refractivity contribution in [3.63, 3.8) is 0 Å². The van der Waals surface area contributed by atoms with Crippen molar-refractivity contribution in [1.29, 1.82) is 0 Å². The zero-order chi connectivity index (χ0) is 18.0. The lowest BCUT2D eigenvalue weighted by atomic mass is 9.59. The molecular formula is C24H31NO. The van der Waals surface area contributed by atoms with Crippen LogP contribution in [-0.2, 0) is 18.4 Å². The van der Waals surface area contributed by atoms with Gasteiger partial charge in [0.25, 0.3) is 0 Å². The Kier molecular flexibility index (Phi) is 5.04. The van der Waals surface area contributed by atoms with Gasteiger partial charge in [0.1, 0.15) is 12.4 Å². The molecule has 3 atom stereocenters. The molecule has 0 aromatic heterocycles. The SMILES string of the molecule is CN[C@H]1[C@H]2CCCCC[C@]1(C)c1cc(OCc3ccccc3)ccc1C2. The fourth-order valence-electron chi connectivity index (χ4n) is 5.37. The Morgan fingerprint density at radius 3 is 2.73 bits per heavy atom. The van der Waals surface area contributed by atoms with Gasteiger partial charge in [0.15, 0.2) is 0 Å². The van der Waals surface area contributed by atoms with Crippen LogP contribution in [0.2, 0.25) is 0 Å². The minimum absolute atomic E-state index is 0.208. The van der Waals surface area contributed by atoms with Crippen LogP contribution in [0.25, 0.3) is 0 Å². The van der Waals surface area contributed by atoms with Gasteiger partial charge in [-0.15, -0.1) is 0 Å². The van der Waals surface area contributed by atoms with E-state index in [1.54, 1.807) is 0 Å². The number of hydrogen-bond acceptors (Lipinski definition) is 2. The van der Waals surface area contributed by atoms with Gasteiger partial charge in [0.2, 0.25) is 0 Å². The summed E-state index contributed by atoms with van der Waals surface area (Å²) in [7, 11) is 2.15. The van der Waals surface area contributed by atoms with Crippen molar-refractivity contribution in [2.24, 2.45) is 5.92 Å². The highest BCUT2D eigenvalue weighted by Gasteiger charge is 2.45. The lowest BCUT2D eigenvalue weighted by Crippen LogP contribution is -2.54. The van der Waals surface area contributed by atoms with Crippen molar-refractivity contribution in [3.8, 4) is 5.75 Å². The molecule has 1 N–H and O–H groups in total. The fraction of sp³-hybridized carbons (Fsp3) is 0.500. The predicted octanol–water partition coefficient (Wildman–Crippen LogP) is 5.25. The van der Waals surface area contributed by atoms with Gasteiger partial charge in [0, 0.05) is 11.5 Å². The van der Waals surface area contributed by atoms with Crippen LogP contribution < -0.4 is 10.1 Å². The van der Waals surface area contributed by atoms with Crippen LogP contribution in [0, 0.1) is 5.92 Å². The summed E-state index contributed by atoms with van der Waals surface area (Å²) in [4.78, 5) is 0. The van der Waals surface area contributed by atoms with E-state index < -0.39 is 0 Å². The van der Waals surface area contributed by atoms with Crippen LogP contribution in [0.4, 0.5) is 0 Å². The normalized spacial score (nSPS) is 27.9. The van der Waals surface area contributed by atoms with Crippen LogP contribution in [0.1, 0.15) is 55.7 Å². The molecule has 2 bridgehead atoms. The van der Waals surface area contributed by atoms with E-state index in [4.69, 9.17) is 4.74 Å². The first-order chi connectivity index (χ1) is 12.7. The van der Waals surface area contributed by atoms with Gasteiger partial charge in [-0.25, -0.2) is 0 Å². The van der Waals surface area contributed by atoms with E-state index in [1.807, 2.05) is 6.07 Å². The molecule has 0 amide bonds. The zero-order valence-electron chi connectivity index (χ0n) is 16.1. The van der Waals surface area contributed by atoms with Crippen LogP contribution in [-0.4, -0.2) is 13.1 Å². The van der Waals surface area contributed by atoms with Crippen molar-refractivity contribution in [3.05, 3.63) is 65.2 Å². The van der Waals surface area contributed by atoms with Crippen molar-refractivity contribution in [2.75, 3.05) is 7.05 Å². The molecule has 0 saturated heterocycles. The molecule has 138 valence electrons. The molecule has 2 aromatic carbocycles. The van der Waals surface area contributed by atoms with Crippen LogP contribution in [0.15, 0.2) is 48.5 Å². The summed E-state index contributed by atoms with van der Waals surface area (Å²) in [6.07, 6.45) is 7.91. The molecule has 0 unspecified atom stereocenters. The molecule has 1 fully saturated rings. The second-order valence-corrected chi connectivity index (χ2v) is 8.34. The number of fused-ring (bicyclic) bond motifs is 4. The fourth-order valence-corrected chi connectivity index (χ4v) is 5.37. The first-order valence-corrected chi connectivity index (χ1v) is 10.2. The number of nitrogens with one attached hydrogen (secondary N) is 1. The first-order valence-electron chi connectivity index (χ1n) is 10.2. The summed E-state index contributed by atoms with van der Waals surface area (Å²) in [5.41, 5.74) is 4.48. The molecule has 0 spiro atoms. The van der Waals surface area contributed by atoms with Gasteiger partial charge in [-0.05, 0) is 61.1 Å². The van der Waals surface area contributed by atoms with Gasteiger partial charge < -0.3 is 10.1 Å². The summed E-state index contributed by atoms with van der Waals surface area (Å²) in [5.74, 6) is 1.76. The maximum Gasteiger partial charge on any atom is 0.120 e. The third-order valence-corrected chi connectivity index (χ3v) is 6.67. The topological polar surface area (TPSA) is 21.3 Å². The molecule has 2 nitrogen and oxygen atoms in total. The molecule has 0 heterocycles. The van der Waals surface area contributed by atoms with E-state index in [-0.39, 0.29) is 5.41 Å². The minimum Gasteiger partial charge on any atom is -0.489 e. The van der Waals surface area contributed by atoms with Gasteiger partial charge in [-0.3, -0.25) is 0 Å². The summed E-state index contributed by atoms with van der Waals surface area (Å²) in [5, 5.41) is 3.69. The Hall–Kier alpha value is -1.80. The van der Waals surface area contributed by atoms with Gasteiger partial charge in [-0.2, -0.15) is 0 Å². The molecule has 2 aromatic rings. The van der Waals surface area contributed by atoms with Gasteiger partial charge in [0.05, 0.1) is 0 Å². The lowest BCUT2D eigenvalue weighted by Gasteiger charge is -2.49. The van der Waals surface area contributed by atoms with Crippen LogP contribution >= 0.6 is 0 Å². The maximum absolute atomic E-state index is 6.15. The summed E-state index contributed by atoms with van der Waals surface area (Å²) < 4.78 is 6.15. The number of hydrogen-bond donors (Lipinski definition) is 1. The van der Waals surface area contributed by atoms with Crippen LogP contribution in [0.3, 0.4) is 0 Å². The lowest BCUT2D eigenvalue weighted by molar-refractivity contribution is 0.174. The van der Waals surface area contributed by atoms with Gasteiger partial charge >= 0.3 is 0 Å². The van der Waals surface area contributed by atoms with E-state index in [0.29, 0.717) is 12.6 Å². The van der Waals surface area contributed by atoms with E-state index in [9.17, 15) is 0 Å². The average molecular weight is 350 g/mol. The van der Waals surface area contributed by atoms with Crippen molar-refractivity contribution in [2.45, 2.75) is 63.5 Å². The highest BCUT2D eigenvalue weighted by Crippen LogP contribution is 2.47. The van der Waals surface area contributed by atoms with Gasteiger partial charge in [-0.1, -0.05) is 62.6 Å². The molecule has 26 heavy (non-hydrogen) atoms. The molecule has 4 rings (SSSR count). The van der Waals surface area contributed by atoms with Crippen molar-refractivity contribution >= 4 is 0 Å². The molecule has 1 saturated carbocycles. The molecular weight excluding hydrogens is 318 g/mol. The molecule has 2 aliphatic carbocycles. The van der Waals surface area contributed by atoms with Crippen LogP contribution in [0.5, 0.6) is 5.75 Å². The largest absolute Gasteiger partial charge is 0.489 e.